The van der Waals surface area contributed by atoms with Gasteiger partial charge in [-0.1, -0.05) is 26.3 Å². The van der Waals surface area contributed by atoms with Crippen LogP contribution in [0, 0.1) is 6.92 Å². The average molecular weight is 232 g/mol. The second-order valence-electron chi connectivity index (χ2n) is 5.72. The molecule has 0 aliphatic heterocycles. The lowest BCUT2D eigenvalue weighted by Crippen LogP contribution is -2.18. The molecule has 2 nitrogen and oxygen atoms in total. The molecule has 0 aromatic heterocycles. The van der Waals surface area contributed by atoms with Crippen molar-refractivity contribution in [2.24, 2.45) is 0 Å². The zero-order valence-electron chi connectivity index (χ0n) is 10.8. The Labute approximate surface area is 103 Å². The molecule has 0 radical (unpaired) electrons. The normalized spacial score (nSPS) is 18.3. The first-order chi connectivity index (χ1) is 7.92. The first-order valence-electron chi connectivity index (χ1n) is 6.29. The number of aromatic carboxylic acids is 1. The van der Waals surface area contributed by atoms with Gasteiger partial charge >= 0.3 is 5.97 Å². The van der Waals surface area contributed by atoms with Gasteiger partial charge in [-0.05, 0) is 54.4 Å². The molecule has 1 aromatic carbocycles. The minimum Gasteiger partial charge on any atom is -0.478 e. The van der Waals surface area contributed by atoms with Crippen molar-refractivity contribution in [2.75, 3.05) is 0 Å². The van der Waals surface area contributed by atoms with Gasteiger partial charge in [0.15, 0.2) is 0 Å². The summed E-state index contributed by atoms with van der Waals surface area (Å²) in [6.45, 7) is 6.33. The van der Waals surface area contributed by atoms with Crippen LogP contribution in [-0.2, 0) is 11.8 Å². The second-order valence-corrected chi connectivity index (χ2v) is 5.72. The highest BCUT2D eigenvalue weighted by atomic mass is 16.4. The van der Waals surface area contributed by atoms with Crippen molar-refractivity contribution in [3.05, 3.63) is 34.4 Å². The lowest BCUT2D eigenvalue weighted by molar-refractivity contribution is 0.0696. The number of fused-ring (bicyclic) bond motifs is 1. The lowest BCUT2D eigenvalue weighted by Gasteiger charge is -2.26. The number of benzene rings is 1. The van der Waals surface area contributed by atoms with Crippen molar-refractivity contribution < 1.29 is 9.90 Å². The quantitative estimate of drug-likeness (QED) is 0.750. The SMILES string of the molecule is Cc1cc2c(cc1C(=O)O)C(C)(C)CCCC2. The second kappa shape index (κ2) is 4.17. The minimum absolute atomic E-state index is 0.101. The first-order valence-corrected chi connectivity index (χ1v) is 6.29. The number of carboxylic acids is 1. The fourth-order valence-electron chi connectivity index (χ4n) is 2.85. The molecule has 1 aliphatic rings. The van der Waals surface area contributed by atoms with Gasteiger partial charge in [0.25, 0.3) is 0 Å². The van der Waals surface area contributed by atoms with E-state index in [4.69, 9.17) is 0 Å². The van der Waals surface area contributed by atoms with Crippen LogP contribution < -0.4 is 0 Å². The van der Waals surface area contributed by atoms with Gasteiger partial charge in [0.2, 0.25) is 0 Å². The van der Waals surface area contributed by atoms with Crippen LogP contribution in [0.25, 0.3) is 0 Å². The lowest BCUT2D eigenvalue weighted by atomic mass is 9.78. The predicted octanol–water partition coefficient (Wildman–Crippen LogP) is 3.70. The Kier molecular flexibility index (Phi) is 2.98. The molecule has 92 valence electrons. The molecule has 0 heterocycles. The van der Waals surface area contributed by atoms with Crippen molar-refractivity contribution >= 4 is 5.97 Å². The molecule has 0 atom stereocenters. The first kappa shape index (κ1) is 12.2. The summed E-state index contributed by atoms with van der Waals surface area (Å²) >= 11 is 0. The van der Waals surface area contributed by atoms with E-state index in [0.29, 0.717) is 5.56 Å². The van der Waals surface area contributed by atoms with Crippen molar-refractivity contribution in [3.63, 3.8) is 0 Å². The Morgan fingerprint density at radius 3 is 2.65 bits per heavy atom. The number of hydrogen-bond donors (Lipinski definition) is 1. The molecule has 1 aliphatic carbocycles. The molecule has 0 saturated carbocycles. The Balaban J connectivity index is 2.61. The zero-order valence-corrected chi connectivity index (χ0v) is 10.8. The minimum atomic E-state index is -0.814. The summed E-state index contributed by atoms with van der Waals surface area (Å²) in [4.78, 5) is 11.2. The van der Waals surface area contributed by atoms with Gasteiger partial charge in [-0.3, -0.25) is 0 Å². The van der Waals surface area contributed by atoms with Crippen LogP contribution in [0.4, 0.5) is 0 Å². The van der Waals surface area contributed by atoms with Crippen LogP contribution in [0.15, 0.2) is 12.1 Å². The fourth-order valence-corrected chi connectivity index (χ4v) is 2.85. The smallest absolute Gasteiger partial charge is 0.335 e. The molecule has 0 amide bonds. The summed E-state index contributed by atoms with van der Waals surface area (Å²) in [7, 11) is 0. The summed E-state index contributed by atoms with van der Waals surface area (Å²) in [5.74, 6) is -0.814. The maximum Gasteiger partial charge on any atom is 0.335 e. The summed E-state index contributed by atoms with van der Waals surface area (Å²) in [6.07, 6.45) is 4.66. The van der Waals surface area contributed by atoms with Gasteiger partial charge in [-0.25, -0.2) is 4.79 Å². The number of carboxylic acid groups (broad SMARTS) is 1. The van der Waals surface area contributed by atoms with Crippen LogP contribution >= 0.6 is 0 Å². The van der Waals surface area contributed by atoms with Crippen LogP contribution in [0.3, 0.4) is 0 Å². The highest BCUT2D eigenvalue weighted by Crippen LogP contribution is 2.36. The number of rotatable bonds is 1. The van der Waals surface area contributed by atoms with Gasteiger partial charge in [-0.15, -0.1) is 0 Å². The van der Waals surface area contributed by atoms with E-state index < -0.39 is 5.97 Å². The largest absolute Gasteiger partial charge is 0.478 e. The molecule has 2 heteroatoms. The van der Waals surface area contributed by atoms with E-state index in [0.717, 1.165) is 18.4 Å². The average Bonchev–Trinajstić information content (AvgIpc) is 2.36. The van der Waals surface area contributed by atoms with Crippen molar-refractivity contribution in [1.82, 2.24) is 0 Å². The van der Waals surface area contributed by atoms with E-state index >= 15 is 0 Å². The molecule has 0 saturated heterocycles. The predicted molar refractivity (Wildman–Crippen MR) is 68.7 cm³/mol. The Hall–Kier alpha value is -1.31. The number of carbonyl (C=O) groups is 1. The monoisotopic (exact) mass is 232 g/mol. The topological polar surface area (TPSA) is 37.3 Å². The molecule has 1 aromatic rings. The van der Waals surface area contributed by atoms with Crippen LogP contribution in [0.1, 0.15) is 60.2 Å². The van der Waals surface area contributed by atoms with E-state index in [-0.39, 0.29) is 5.41 Å². The van der Waals surface area contributed by atoms with E-state index in [1.54, 1.807) is 0 Å². The number of aryl methyl sites for hydroxylation is 2. The highest BCUT2D eigenvalue weighted by molar-refractivity contribution is 5.89. The van der Waals surface area contributed by atoms with E-state index in [1.807, 2.05) is 13.0 Å². The van der Waals surface area contributed by atoms with Gasteiger partial charge in [-0.2, -0.15) is 0 Å². The number of hydrogen-bond acceptors (Lipinski definition) is 1. The van der Waals surface area contributed by atoms with E-state index in [1.165, 1.54) is 24.0 Å². The summed E-state index contributed by atoms with van der Waals surface area (Å²) in [6, 6.07) is 3.98. The third-order valence-electron chi connectivity index (χ3n) is 3.91. The van der Waals surface area contributed by atoms with Crippen LogP contribution in [0.2, 0.25) is 0 Å². The standard InChI is InChI=1S/C15H20O2/c1-10-8-11-6-4-5-7-15(2,3)13(11)9-12(10)14(16)17/h8-9H,4-7H2,1-3H3,(H,16,17). The third kappa shape index (κ3) is 2.21. The zero-order chi connectivity index (χ0) is 12.6. The maximum atomic E-state index is 11.2. The van der Waals surface area contributed by atoms with Gasteiger partial charge in [0.1, 0.15) is 0 Å². The summed E-state index contributed by atoms with van der Waals surface area (Å²) in [5.41, 5.74) is 4.02. The maximum absolute atomic E-state index is 11.2. The molecule has 1 N–H and O–H groups in total. The van der Waals surface area contributed by atoms with Crippen molar-refractivity contribution in [2.45, 2.75) is 51.9 Å². The molecule has 0 unspecified atom stereocenters. The molecular weight excluding hydrogens is 212 g/mol. The van der Waals surface area contributed by atoms with Gasteiger partial charge in [0, 0.05) is 0 Å². The fraction of sp³-hybridized carbons (Fsp3) is 0.533. The van der Waals surface area contributed by atoms with E-state index in [9.17, 15) is 9.90 Å². The summed E-state index contributed by atoms with van der Waals surface area (Å²) < 4.78 is 0. The third-order valence-corrected chi connectivity index (χ3v) is 3.91. The van der Waals surface area contributed by atoms with Crippen molar-refractivity contribution in [1.29, 1.82) is 0 Å². The van der Waals surface area contributed by atoms with Gasteiger partial charge in [0.05, 0.1) is 5.56 Å². The van der Waals surface area contributed by atoms with Crippen LogP contribution in [-0.4, -0.2) is 11.1 Å². The summed E-state index contributed by atoms with van der Waals surface area (Å²) in [5, 5.41) is 9.21. The Bertz CT molecular complexity index is 458. The Morgan fingerprint density at radius 1 is 1.29 bits per heavy atom. The molecule has 0 bridgehead atoms. The highest BCUT2D eigenvalue weighted by Gasteiger charge is 2.27. The molecule has 0 spiro atoms. The van der Waals surface area contributed by atoms with Crippen molar-refractivity contribution in [3.8, 4) is 0 Å². The molecule has 0 fully saturated rings. The van der Waals surface area contributed by atoms with E-state index in [2.05, 4.69) is 19.9 Å². The molecule has 17 heavy (non-hydrogen) atoms. The Morgan fingerprint density at radius 2 is 2.00 bits per heavy atom. The van der Waals surface area contributed by atoms with Gasteiger partial charge < -0.3 is 5.11 Å². The van der Waals surface area contributed by atoms with Crippen LogP contribution in [0.5, 0.6) is 0 Å². The molecule has 2 rings (SSSR count). The molecular formula is C15H20O2.